The van der Waals surface area contributed by atoms with Gasteiger partial charge in [-0.2, -0.15) is 0 Å². The van der Waals surface area contributed by atoms with Gasteiger partial charge in [0.1, 0.15) is 78.5 Å². The van der Waals surface area contributed by atoms with E-state index >= 15 is 0 Å². The Bertz CT molecular complexity index is 3080. The van der Waals surface area contributed by atoms with E-state index in [0.717, 1.165) is 0 Å². The van der Waals surface area contributed by atoms with Crippen LogP contribution in [0.3, 0.4) is 0 Å². The number of amides is 14. The van der Waals surface area contributed by atoms with Gasteiger partial charge in [0.25, 0.3) is 0 Å². The fraction of sp³-hybridized carbons (Fsp3) is 0.750. The Hall–Kier alpha value is -9.13. The molecule has 0 unspecified atom stereocenters. The van der Waals surface area contributed by atoms with E-state index in [2.05, 4.69) is 47.9 Å². The summed E-state index contributed by atoms with van der Waals surface area (Å²) in [6.07, 6.45) is 0.769. The van der Waals surface area contributed by atoms with Crippen LogP contribution in [0.2, 0.25) is 0 Å². The van der Waals surface area contributed by atoms with Crippen LogP contribution in [0.1, 0.15) is 185 Å². The van der Waals surface area contributed by atoms with Gasteiger partial charge in [-0.3, -0.25) is 76.7 Å². The zero-order valence-electron chi connectivity index (χ0n) is 62.1. The average Bonchev–Trinajstić information content (AvgIpc) is 1.69. The second-order valence-corrected chi connectivity index (χ2v) is 28.7. The molecule has 3 rings (SSSR count). The van der Waals surface area contributed by atoms with Crippen molar-refractivity contribution in [3.05, 3.63) is 0 Å². The molecule has 37 heteroatoms. The molecule has 0 aliphatic carbocycles. The second kappa shape index (κ2) is 44.0. The molecule has 3 aliphatic rings. The number of hydrogen-bond acceptors (Lipinski definition) is 20. The molecule has 592 valence electrons. The number of nitrogens with one attached hydrogen (secondary N) is 10. The molecule has 0 aromatic carbocycles. The smallest absolute Gasteiger partial charge is 0.326 e. The van der Waals surface area contributed by atoms with Crippen LogP contribution in [0.15, 0.2) is 0 Å². The molecule has 3 saturated heterocycles. The van der Waals surface area contributed by atoms with Crippen molar-refractivity contribution in [2.75, 3.05) is 32.7 Å². The maximum atomic E-state index is 14.7. The molecule has 21 N–H and O–H groups in total. The third-order valence-corrected chi connectivity index (χ3v) is 18.5. The van der Waals surface area contributed by atoms with Gasteiger partial charge in [-0.25, -0.2) is 4.79 Å². The molecule has 0 saturated carbocycles. The third kappa shape index (κ3) is 28.7. The van der Waals surface area contributed by atoms with Gasteiger partial charge in [0.2, 0.25) is 82.7 Å². The standard InChI is InChI=1S/C68H115N17O20/c1-34(2)32-44(60(96)80-52(35(3)4)64(100)76-41(19-12-14-28-70)58(94)75-42(23-25-49(72)86)59(95)79-45(68(104)105)33-51(89)90)78-62(98)47-21-17-31-85(47)67(103)54(37(7)8)82-63(99)48-22-15-29-83(48)65(101)43(24-26-50(87)88)77-56(92)39(10)73-55(91)38(9)74-61(97)46-20-16-30-84(46)66(102)53(36(5)6)81-57(93)40(71)18-11-13-27-69/h34-48,52-54H,11-33,69-71H2,1-10H3,(H2,72,86)(H,73,91)(H,74,97)(H,75,94)(H,76,100)(H,77,92)(H,78,98)(H,79,95)(H,80,96)(H,81,93)(H,82,99)(H,87,88)(H,89,90)(H,104,105)/t38-,39-,40-,41-,42-,43-,44-,45-,46-,47-,48-,52-,53-,54-/m0/s1. The number of carboxylic acid groups (broad SMARTS) is 3. The maximum absolute atomic E-state index is 14.7. The van der Waals surface area contributed by atoms with Gasteiger partial charge in [-0.05, 0) is 141 Å². The Labute approximate surface area is 611 Å². The lowest BCUT2D eigenvalue weighted by atomic mass is 9.98. The van der Waals surface area contributed by atoms with Crippen molar-refractivity contribution >= 4 is 101 Å². The largest absolute Gasteiger partial charge is 0.481 e. The van der Waals surface area contributed by atoms with Crippen molar-refractivity contribution in [1.29, 1.82) is 0 Å². The summed E-state index contributed by atoms with van der Waals surface area (Å²) in [5.74, 6) is -17.6. The number of primary amides is 1. The molecule has 3 aliphatic heterocycles. The molecule has 0 spiro atoms. The number of aliphatic carboxylic acids is 3. The molecular weight excluding hydrogens is 1370 g/mol. The monoisotopic (exact) mass is 1490 g/mol. The Morgan fingerprint density at radius 1 is 0.390 bits per heavy atom. The van der Waals surface area contributed by atoms with E-state index in [-0.39, 0.29) is 83.0 Å². The van der Waals surface area contributed by atoms with E-state index < -0.39 is 229 Å². The Kier molecular flexibility index (Phi) is 37.7. The van der Waals surface area contributed by atoms with E-state index in [9.17, 15) is 96.8 Å². The van der Waals surface area contributed by atoms with Crippen molar-refractivity contribution < 1.29 is 96.8 Å². The topological polar surface area (TPSA) is 585 Å². The second-order valence-electron chi connectivity index (χ2n) is 28.7. The van der Waals surface area contributed by atoms with Crippen LogP contribution in [0.5, 0.6) is 0 Å². The van der Waals surface area contributed by atoms with Gasteiger partial charge in [0.15, 0.2) is 0 Å². The lowest BCUT2D eigenvalue weighted by molar-refractivity contribution is -0.147. The van der Waals surface area contributed by atoms with E-state index in [4.69, 9.17) is 22.9 Å². The van der Waals surface area contributed by atoms with Crippen molar-refractivity contribution in [2.45, 2.75) is 269 Å². The number of hydrogen-bond donors (Lipinski definition) is 17. The van der Waals surface area contributed by atoms with Crippen molar-refractivity contribution in [3.8, 4) is 0 Å². The first-order valence-electron chi connectivity index (χ1n) is 36.3. The fourth-order valence-electron chi connectivity index (χ4n) is 12.5. The average molecular weight is 1490 g/mol. The predicted molar refractivity (Wildman–Crippen MR) is 378 cm³/mol. The van der Waals surface area contributed by atoms with Gasteiger partial charge in [-0.1, -0.05) is 61.8 Å². The highest BCUT2D eigenvalue weighted by molar-refractivity contribution is 6.01. The highest BCUT2D eigenvalue weighted by Crippen LogP contribution is 2.26. The highest BCUT2D eigenvalue weighted by atomic mass is 16.4. The molecule has 14 atom stereocenters. The first-order valence-corrected chi connectivity index (χ1v) is 36.3. The van der Waals surface area contributed by atoms with Crippen LogP contribution >= 0.6 is 0 Å². The van der Waals surface area contributed by atoms with Crippen LogP contribution in [0.25, 0.3) is 0 Å². The molecule has 37 nitrogen and oxygen atoms in total. The lowest BCUT2D eigenvalue weighted by Gasteiger charge is -2.33. The Morgan fingerprint density at radius 3 is 1.26 bits per heavy atom. The van der Waals surface area contributed by atoms with Crippen LogP contribution in [0.4, 0.5) is 0 Å². The van der Waals surface area contributed by atoms with Crippen LogP contribution in [-0.2, 0) is 81.5 Å². The number of unbranched alkanes of at least 4 members (excludes halogenated alkanes) is 2. The quantitative estimate of drug-likeness (QED) is 0.0260. The van der Waals surface area contributed by atoms with Crippen molar-refractivity contribution in [3.63, 3.8) is 0 Å². The summed E-state index contributed by atoms with van der Waals surface area (Å²) in [6.45, 7) is 17.0. The number of rotatable bonds is 45. The van der Waals surface area contributed by atoms with E-state index in [1.807, 2.05) is 5.32 Å². The molecule has 3 fully saturated rings. The van der Waals surface area contributed by atoms with Crippen LogP contribution < -0.4 is 76.1 Å². The zero-order chi connectivity index (χ0) is 79.3. The first-order chi connectivity index (χ1) is 49.3. The summed E-state index contributed by atoms with van der Waals surface area (Å²) < 4.78 is 0. The third-order valence-electron chi connectivity index (χ3n) is 18.5. The number of carboxylic acids is 3. The zero-order valence-corrected chi connectivity index (χ0v) is 62.1. The van der Waals surface area contributed by atoms with Gasteiger partial charge < -0.3 is 106 Å². The molecule has 14 amide bonds. The molecule has 0 bridgehead atoms. The summed E-state index contributed by atoms with van der Waals surface area (Å²) in [7, 11) is 0. The minimum absolute atomic E-state index is 0.0167. The number of carbonyl (C=O) groups excluding carboxylic acids is 14. The number of nitrogens with two attached hydrogens (primary N) is 4. The normalized spacial score (nSPS) is 18.9. The molecule has 0 aromatic heterocycles. The summed E-state index contributed by atoms with van der Waals surface area (Å²) in [6, 6.07) is -18.4. The van der Waals surface area contributed by atoms with Gasteiger partial charge in [-0.15, -0.1) is 0 Å². The van der Waals surface area contributed by atoms with Crippen LogP contribution in [0, 0.1) is 23.7 Å². The Balaban J connectivity index is 1.76. The summed E-state index contributed by atoms with van der Waals surface area (Å²) >= 11 is 0. The number of carbonyl (C=O) groups is 17. The highest BCUT2D eigenvalue weighted by Gasteiger charge is 2.45. The van der Waals surface area contributed by atoms with Crippen molar-refractivity contribution in [1.82, 2.24) is 67.9 Å². The fourth-order valence-corrected chi connectivity index (χ4v) is 12.5. The first kappa shape index (κ1) is 90.1. The summed E-state index contributed by atoms with van der Waals surface area (Å²) in [5.41, 5.74) is 22.7. The van der Waals surface area contributed by atoms with Gasteiger partial charge in [0.05, 0.1) is 12.5 Å². The minimum Gasteiger partial charge on any atom is -0.481 e. The van der Waals surface area contributed by atoms with E-state index in [0.29, 0.717) is 45.1 Å². The lowest BCUT2D eigenvalue weighted by Crippen LogP contribution is -2.61. The minimum atomic E-state index is -1.92. The Morgan fingerprint density at radius 2 is 0.790 bits per heavy atom. The van der Waals surface area contributed by atoms with Gasteiger partial charge in [0, 0.05) is 32.5 Å². The maximum Gasteiger partial charge on any atom is 0.326 e. The number of likely N-dealkylation sites (tertiary alicyclic amines) is 3. The molecule has 0 radical (unpaired) electrons. The predicted octanol–water partition coefficient (Wildman–Crippen LogP) is -3.86. The SMILES string of the molecule is CC(C)C[C@H](NC(=O)[C@@H]1CCCN1C(=O)[C@@H](NC(=O)[C@@H]1CCCN1C(=O)[C@H](CCC(=O)O)NC(=O)[C@H](C)NC(=O)[C@H](C)NC(=O)[C@@H]1CCCN1C(=O)[C@@H](NC(=O)[C@@H](N)CCCCN)C(C)C)C(C)C)C(=O)N[C@H](C(=O)N[C@@H](CCCCN)C(=O)N[C@@H](CCC(N)=O)C(=O)N[C@@H](CC(=O)O)C(=O)O)C(C)C. The van der Waals surface area contributed by atoms with Crippen LogP contribution in [-0.4, -0.2) is 248 Å². The summed E-state index contributed by atoms with van der Waals surface area (Å²) in [4.78, 5) is 232. The van der Waals surface area contributed by atoms with E-state index in [1.165, 1.54) is 28.5 Å². The van der Waals surface area contributed by atoms with E-state index in [1.54, 1.807) is 55.4 Å². The summed E-state index contributed by atoms with van der Waals surface area (Å²) in [5, 5.41) is 54.0. The molecule has 3 heterocycles. The number of nitrogens with zero attached hydrogens (tertiary/aromatic N) is 3. The molecule has 105 heavy (non-hydrogen) atoms. The van der Waals surface area contributed by atoms with Crippen molar-refractivity contribution in [2.24, 2.45) is 46.6 Å². The molecular formula is C68H115N17O20. The van der Waals surface area contributed by atoms with Gasteiger partial charge >= 0.3 is 17.9 Å². The molecule has 0 aromatic rings.